The first-order valence-corrected chi connectivity index (χ1v) is 4.82. The summed E-state index contributed by atoms with van der Waals surface area (Å²) in [5.41, 5.74) is 3.96. The third-order valence-electron chi connectivity index (χ3n) is 2.07. The molecule has 0 spiro atoms. The van der Waals surface area contributed by atoms with Gasteiger partial charge in [0, 0.05) is 17.4 Å². The van der Waals surface area contributed by atoms with Gasteiger partial charge in [0.25, 0.3) is 0 Å². The molecule has 0 fully saturated rings. The topological polar surface area (TPSA) is 4.41 Å². The molecule has 0 radical (unpaired) electrons. The zero-order valence-corrected chi connectivity index (χ0v) is 8.83. The summed E-state index contributed by atoms with van der Waals surface area (Å²) in [5.74, 6) is 0. The average molecular weight is 175 g/mol. The number of pyridine rings is 1. The summed E-state index contributed by atoms with van der Waals surface area (Å²) < 4.78 is 2.20. The molecule has 13 heavy (non-hydrogen) atoms. The van der Waals surface area contributed by atoms with Crippen molar-refractivity contribution in [2.75, 3.05) is 0 Å². The van der Waals surface area contributed by atoms with Crippen molar-refractivity contribution in [1.82, 2.24) is 4.40 Å². The van der Waals surface area contributed by atoms with Crippen LogP contribution in [0.1, 0.15) is 25.1 Å². The molecule has 2 aromatic heterocycles. The largest absolute Gasteiger partial charge is 0.321 e. The van der Waals surface area contributed by atoms with Gasteiger partial charge in [0.05, 0.1) is 0 Å². The summed E-state index contributed by atoms with van der Waals surface area (Å²) in [7, 11) is 0. The maximum atomic E-state index is 2.20. The van der Waals surface area contributed by atoms with Crippen molar-refractivity contribution < 1.29 is 0 Å². The Morgan fingerprint density at radius 2 is 1.77 bits per heavy atom. The number of aromatic nitrogens is 1. The predicted molar refractivity (Wildman–Crippen MR) is 58.2 cm³/mol. The minimum Gasteiger partial charge on any atom is -0.321 e. The van der Waals surface area contributed by atoms with Gasteiger partial charge in [-0.1, -0.05) is 19.9 Å². The van der Waals surface area contributed by atoms with Crippen LogP contribution in [0.5, 0.6) is 0 Å². The quantitative estimate of drug-likeness (QED) is 0.576. The maximum Gasteiger partial charge on any atom is 0.0481 e. The highest BCUT2D eigenvalue weighted by Crippen LogP contribution is 2.14. The van der Waals surface area contributed by atoms with Crippen LogP contribution in [-0.4, -0.2) is 4.40 Å². The third-order valence-corrected chi connectivity index (χ3v) is 2.07. The van der Waals surface area contributed by atoms with Gasteiger partial charge in [-0.25, -0.2) is 0 Å². The van der Waals surface area contributed by atoms with E-state index in [1.165, 1.54) is 16.8 Å². The number of hydrogen-bond donors (Lipinski definition) is 0. The Kier molecular flexibility index (Phi) is 3.13. The standard InChI is InChI=1S/C10H11N.C2H6/c1-8-7-9(2)11-6-4-3-5-10(8)11;1-2/h3-7H,1-2H3;1-2H3. The van der Waals surface area contributed by atoms with E-state index in [-0.39, 0.29) is 0 Å². The van der Waals surface area contributed by atoms with Crippen LogP contribution >= 0.6 is 0 Å². The summed E-state index contributed by atoms with van der Waals surface area (Å²) >= 11 is 0. The minimum absolute atomic E-state index is 1.30. The summed E-state index contributed by atoms with van der Waals surface area (Å²) in [6.45, 7) is 8.27. The lowest BCUT2D eigenvalue weighted by molar-refractivity contribution is 1.11. The summed E-state index contributed by atoms with van der Waals surface area (Å²) in [6.07, 6.45) is 2.09. The molecule has 0 saturated carbocycles. The van der Waals surface area contributed by atoms with Crippen molar-refractivity contribution in [3.63, 3.8) is 0 Å². The van der Waals surface area contributed by atoms with Gasteiger partial charge >= 0.3 is 0 Å². The Bertz CT molecular complexity index is 349. The zero-order valence-electron chi connectivity index (χ0n) is 8.83. The number of aryl methyl sites for hydroxylation is 2. The van der Waals surface area contributed by atoms with E-state index in [1.54, 1.807) is 0 Å². The van der Waals surface area contributed by atoms with E-state index in [2.05, 4.69) is 48.7 Å². The van der Waals surface area contributed by atoms with E-state index in [9.17, 15) is 0 Å². The van der Waals surface area contributed by atoms with Gasteiger partial charge in [-0.3, -0.25) is 0 Å². The number of fused-ring (bicyclic) bond motifs is 1. The van der Waals surface area contributed by atoms with Crippen molar-refractivity contribution in [1.29, 1.82) is 0 Å². The normalized spacial score (nSPS) is 9.54. The third kappa shape index (κ3) is 1.74. The van der Waals surface area contributed by atoms with E-state index >= 15 is 0 Å². The van der Waals surface area contributed by atoms with Crippen molar-refractivity contribution in [3.8, 4) is 0 Å². The van der Waals surface area contributed by atoms with Gasteiger partial charge < -0.3 is 4.40 Å². The van der Waals surface area contributed by atoms with Crippen molar-refractivity contribution in [3.05, 3.63) is 41.7 Å². The lowest BCUT2D eigenvalue weighted by Crippen LogP contribution is -1.83. The van der Waals surface area contributed by atoms with Crippen LogP contribution in [0.15, 0.2) is 30.5 Å². The predicted octanol–water partition coefficient (Wildman–Crippen LogP) is 3.58. The van der Waals surface area contributed by atoms with E-state index in [0.717, 1.165) is 0 Å². The molecule has 0 saturated heterocycles. The summed E-state index contributed by atoms with van der Waals surface area (Å²) in [6, 6.07) is 8.47. The van der Waals surface area contributed by atoms with Crippen LogP contribution in [0, 0.1) is 13.8 Å². The molecule has 0 amide bonds. The number of rotatable bonds is 0. The van der Waals surface area contributed by atoms with Crippen LogP contribution in [0.3, 0.4) is 0 Å². The highest BCUT2D eigenvalue weighted by Gasteiger charge is 1.98. The van der Waals surface area contributed by atoms with Crippen molar-refractivity contribution in [2.45, 2.75) is 27.7 Å². The molecule has 70 valence electrons. The van der Waals surface area contributed by atoms with Crippen LogP contribution in [0.2, 0.25) is 0 Å². The molecular formula is C12H17N. The van der Waals surface area contributed by atoms with E-state index in [4.69, 9.17) is 0 Å². The molecule has 0 N–H and O–H groups in total. The Labute approximate surface area is 80.0 Å². The molecule has 0 aliphatic heterocycles. The van der Waals surface area contributed by atoms with Gasteiger partial charge in [0.15, 0.2) is 0 Å². The highest BCUT2D eigenvalue weighted by molar-refractivity contribution is 5.56. The first kappa shape index (κ1) is 9.85. The van der Waals surface area contributed by atoms with Gasteiger partial charge in [-0.05, 0) is 37.6 Å². The molecule has 2 aromatic rings. The molecule has 0 aliphatic rings. The van der Waals surface area contributed by atoms with Crippen LogP contribution in [0.4, 0.5) is 0 Å². The lowest BCUT2D eigenvalue weighted by Gasteiger charge is -1.95. The molecule has 2 rings (SSSR count). The maximum absolute atomic E-state index is 2.20. The van der Waals surface area contributed by atoms with Crippen LogP contribution in [0.25, 0.3) is 5.52 Å². The van der Waals surface area contributed by atoms with Gasteiger partial charge in [0.2, 0.25) is 0 Å². The summed E-state index contributed by atoms with van der Waals surface area (Å²) in [5, 5.41) is 0. The molecule has 0 atom stereocenters. The van der Waals surface area contributed by atoms with Gasteiger partial charge in [-0.15, -0.1) is 0 Å². The zero-order chi connectivity index (χ0) is 9.84. The molecule has 1 nitrogen and oxygen atoms in total. The smallest absolute Gasteiger partial charge is 0.0481 e. The monoisotopic (exact) mass is 175 g/mol. The second-order valence-electron chi connectivity index (χ2n) is 2.92. The Morgan fingerprint density at radius 1 is 1.08 bits per heavy atom. The van der Waals surface area contributed by atoms with Gasteiger partial charge in [0.1, 0.15) is 0 Å². The molecule has 1 heteroatoms. The fourth-order valence-corrected chi connectivity index (χ4v) is 1.53. The molecule has 0 aromatic carbocycles. The minimum atomic E-state index is 1.30. The lowest BCUT2D eigenvalue weighted by atomic mass is 10.3. The van der Waals surface area contributed by atoms with Crippen LogP contribution < -0.4 is 0 Å². The van der Waals surface area contributed by atoms with E-state index in [0.29, 0.717) is 0 Å². The molecule has 0 aliphatic carbocycles. The van der Waals surface area contributed by atoms with Crippen molar-refractivity contribution in [2.24, 2.45) is 0 Å². The fourth-order valence-electron chi connectivity index (χ4n) is 1.53. The Morgan fingerprint density at radius 3 is 2.38 bits per heavy atom. The molecule has 0 unspecified atom stereocenters. The fraction of sp³-hybridized carbons (Fsp3) is 0.333. The molecular weight excluding hydrogens is 158 g/mol. The summed E-state index contributed by atoms with van der Waals surface area (Å²) in [4.78, 5) is 0. The molecule has 2 heterocycles. The van der Waals surface area contributed by atoms with E-state index < -0.39 is 0 Å². The second kappa shape index (κ2) is 4.13. The van der Waals surface area contributed by atoms with Crippen LogP contribution in [-0.2, 0) is 0 Å². The van der Waals surface area contributed by atoms with Gasteiger partial charge in [-0.2, -0.15) is 0 Å². The Hall–Kier alpha value is -1.24. The first-order valence-electron chi connectivity index (χ1n) is 4.82. The Balaban J connectivity index is 0.000000396. The van der Waals surface area contributed by atoms with Crippen molar-refractivity contribution >= 4 is 5.52 Å². The van der Waals surface area contributed by atoms with E-state index in [1.807, 2.05) is 13.8 Å². The number of nitrogens with zero attached hydrogens (tertiary/aromatic N) is 1. The first-order chi connectivity index (χ1) is 6.29. The average Bonchev–Trinajstić information content (AvgIpc) is 2.47. The highest BCUT2D eigenvalue weighted by atomic mass is 14.9. The second-order valence-corrected chi connectivity index (χ2v) is 2.92. The number of hydrogen-bond acceptors (Lipinski definition) is 0. The SMILES string of the molecule is CC.Cc1cc(C)n2ccccc12. The molecule has 0 bridgehead atoms.